The maximum absolute atomic E-state index is 13.2. The first-order chi connectivity index (χ1) is 18.4. The summed E-state index contributed by atoms with van der Waals surface area (Å²) >= 11 is 2.07. The van der Waals surface area contributed by atoms with Gasteiger partial charge in [0.15, 0.2) is 12.2 Å². The van der Waals surface area contributed by atoms with E-state index in [9.17, 15) is 24.0 Å². The van der Waals surface area contributed by atoms with Crippen LogP contribution in [0.4, 0.5) is 0 Å². The smallest absolute Gasteiger partial charge is 0.303 e. The van der Waals surface area contributed by atoms with Crippen molar-refractivity contribution in [3.05, 3.63) is 27.3 Å². The Hall–Kier alpha value is -2.94. The molecule has 1 aromatic carbocycles. The zero-order valence-electron chi connectivity index (χ0n) is 22.1. The van der Waals surface area contributed by atoms with Crippen LogP contribution in [0.25, 0.3) is 0 Å². The van der Waals surface area contributed by atoms with Gasteiger partial charge < -0.3 is 33.7 Å². The van der Waals surface area contributed by atoms with Crippen LogP contribution in [0.1, 0.15) is 63.7 Å². The molecule has 1 aromatic rings. The van der Waals surface area contributed by atoms with E-state index in [4.69, 9.17) is 28.4 Å². The van der Waals surface area contributed by atoms with Crippen LogP contribution in [0, 0.1) is 3.57 Å². The average Bonchev–Trinajstić information content (AvgIpc) is 3.34. The molecule has 0 aromatic heterocycles. The molecule has 2 aliphatic rings. The molecule has 3 rings (SSSR count). The number of nitrogens with one attached hydrogen (secondary N) is 1. The van der Waals surface area contributed by atoms with E-state index in [1.54, 1.807) is 18.2 Å². The third-order valence-electron chi connectivity index (χ3n) is 6.07. The molecule has 1 N–H and O–H groups in total. The molecule has 1 aliphatic carbocycles. The molecule has 5 unspecified atom stereocenters. The summed E-state index contributed by atoms with van der Waals surface area (Å²) in [6.07, 6.45) is -2.88. The third kappa shape index (κ3) is 8.78. The molecule has 13 heteroatoms. The zero-order valence-corrected chi connectivity index (χ0v) is 24.3. The molecule has 0 radical (unpaired) electrons. The standard InChI is InChI=1S/C26H32INO11/c1-13(29)34-12-21-22(35-14(2)30)23(36-15(3)31)24(37-16(4)32)26(39-21)38-20-10-9-17(27)11-19(20)25(33)28-18-7-5-6-8-18/h9-11,18,21-24,26H,5-8,12H2,1-4H3,(H,28,33). The van der Waals surface area contributed by atoms with Crippen LogP contribution in [0.5, 0.6) is 5.75 Å². The lowest BCUT2D eigenvalue weighted by Gasteiger charge is -2.44. The van der Waals surface area contributed by atoms with E-state index in [2.05, 4.69) is 27.9 Å². The fourth-order valence-electron chi connectivity index (χ4n) is 4.52. The summed E-state index contributed by atoms with van der Waals surface area (Å²) in [7, 11) is 0. The van der Waals surface area contributed by atoms with Crippen molar-refractivity contribution < 1.29 is 52.4 Å². The second-order valence-corrected chi connectivity index (χ2v) is 10.5. The minimum atomic E-state index is -1.44. The largest absolute Gasteiger partial charge is 0.463 e. The first-order valence-electron chi connectivity index (χ1n) is 12.5. The number of hydrogen-bond acceptors (Lipinski definition) is 11. The number of hydrogen-bond donors (Lipinski definition) is 1. The van der Waals surface area contributed by atoms with Crippen molar-refractivity contribution in [1.82, 2.24) is 5.32 Å². The van der Waals surface area contributed by atoms with Crippen LogP contribution in [-0.2, 0) is 42.9 Å². The molecule has 39 heavy (non-hydrogen) atoms. The van der Waals surface area contributed by atoms with E-state index in [0.29, 0.717) is 0 Å². The molecule has 0 spiro atoms. The second kappa shape index (κ2) is 13.9. The Morgan fingerprint density at radius 2 is 1.46 bits per heavy atom. The van der Waals surface area contributed by atoms with Crippen molar-refractivity contribution in [2.24, 2.45) is 0 Å². The quantitative estimate of drug-likeness (QED) is 0.236. The summed E-state index contributed by atoms with van der Waals surface area (Å²) < 4.78 is 34.2. The normalized spacial score (nSPS) is 24.8. The number of benzene rings is 1. The highest BCUT2D eigenvalue weighted by atomic mass is 127. The minimum Gasteiger partial charge on any atom is -0.463 e. The summed E-state index contributed by atoms with van der Waals surface area (Å²) in [5.74, 6) is -3.11. The van der Waals surface area contributed by atoms with E-state index in [1.165, 1.54) is 6.92 Å². The molecule has 5 atom stereocenters. The van der Waals surface area contributed by atoms with Gasteiger partial charge in [-0.1, -0.05) is 12.8 Å². The highest BCUT2D eigenvalue weighted by Crippen LogP contribution is 2.33. The summed E-state index contributed by atoms with van der Waals surface area (Å²) in [5.41, 5.74) is 0.224. The number of esters is 4. The molecule has 2 fully saturated rings. The van der Waals surface area contributed by atoms with Gasteiger partial charge >= 0.3 is 23.9 Å². The molecule has 1 saturated carbocycles. The lowest BCUT2D eigenvalue weighted by molar-refractivity contribution is -0.288. The molecule has 0 bridgehead atoms. The van der Waals surface area contributed by atoms with E-state index < -0.39 is 54.6 Å². The summed E-state index contributed by atoms with van der Waals surface area (Å²) in [6, 6.07) is 4.98. The van der Waals surface area contributed by atoms with Gasteiger partial charge in [0.25, 0.3) is 5.91 Å². The second-order valence-electron chi connectivity index (χ2n) is 9.28. The van der Waals surface area contributed by atoms with Crippen LogP contribution in [0.3, 0.4) is 0 Å². The van der Waals surface area contributed by atoms with Gasteiger partial charge in [0.1, 0.15) is 18.5 Å². The molecular weight excluding hydrogens is 629 g/mol. The van der Waals surface area contributed by atoms with Gasteiger partial charge in [0.2, 0.25) is 12.4 Å². The lowest BCUT2D eigenvalue weighted by atomic mass is 9.98. The Labute approximate surface area is 239 Å². The maximum atomic E-state index is 13.2. The molecule has 12 nitrogen and oxygen atoms in total. The van der Waals surface area contributed by atoms with Crippen LogP contribution in [-0.4, -0.2) is 73.1 Å². The maximum Gasteiger partial charge on any atom is 0.303 e. The van der Waals surface area contributed by atoms with E-state index in [-0.39, 0.29) is 29.9 Å². The molecule has 1 saturated heterocycles. The van der Waals surface area contributed by atoms with E-state index >= 15 is 0 Å². The molecular formula is C26H32INO11. The predicted octanol–water partition coefficient (Wildman–Crippen LogP) is 2.43. The number of carbonyl (C=O) groups is 5. The van der Waals surface area contributed by atoms with Gasteiger partial charge in [-0.2, -0.15) is 0 Å². The summed E-state index contributed by atoms with van der Waals surface area (Å²) in [4.78, 5) is 60.7. The topological polar surface area (TPSA) is 153 Å². The number of amides is 1. The zero-order chi connectivity index (χ0) is 28.7. The summed E-state index contributed by atoms with van der Waals surface area (Å²) in [6.45, 7) is 4.20. The monoisotopic (exact) mass is 661 g/mol. The van der Waals surface area contributed by atoms with Crippen molar-refractivity contribution in [2.75, 3.05) is 6.61 Å². The Kier molecular flexibility index (Phi) is 10.9. The minimum absolute atomic E-state index is 0.0499. The van der Waals surface area contributed by atoms with Gasteiger partial charge in [-0.15, -0.1) is 0 Å². The SMILES string of the molecule is CC(=O)OCC1OC(Oc2ccc(I)cc2C(=O)NC2CCCC2)C(OC(C)=O)C(OC(C)=O)C1OC(C)=O. The summed E-state index contributed by atoms with van der Waals surface area (Å²) in [5, 5.41) is 3.02. The Bertz CT molecular complexity index is 1090. The number of halogens is 1. The van der Waals surface area contributed by atoms with Crippen molar-refractivity contribution >= 4 is 52.4 Å². The van der Waals surface area contributed by atoms with Crippen molar-refractivity contribution in [3.63, 3.8) is 0 Å². The number of carbonyl (C=O) groups excluding carboxylic acids is 5. The highest BCUT2D eigenvalue weighted by molar-refractivity contribution is 14.1. The first-order valence-corrected chi connectivity index (χ1v) is 13.6. The van der Waals surface area contributed by atoms with Crippen molar-refractivity contribution in [1.29, 1.82) is 0 Å². The average molecular weight is 661 g/mol. The van der Waals surface area contributed by atoms with Crippen molar-refractivity contribution in [2.45, 2.75) is 90.1 Å². The predicted molar refractivity (Wildman–Crippen MR) is 141 cm³/mol. The van der Waals surface area contributed by atoms with Crippen LogP contribution in [0.2, 0.25) is 0 Å². The van der Waals surface area contributed by atoms with Gasteiger partial charge in [0, 0.05) is 37.3 Å². The third-order valence-corrected chi connectivity index (χ3v) is 6.74. The van der Waals surface area contributed by atoms with Gasteiger partial charge in [-0.3, -0.25) is 24.0 Å². The van der Waals surface area contributed by atoms with E-state index in [1.807, 2.05) is 0 Å². The van der Waals surface area contributed by atoms with E-state index in [0.717, 1.165) is 50.0 Å². The Morgan fingerprint density at radius 1 is 0.872 bits per heavy atom. The Morgan fingerprint density at radius 3 is 2.05 bits per heavy atom. The van der Waals surface area contributed by atoms with Gasteiger partial charge in [-0.05, 0) is 53.6 Å². The fraction of sp³-hybridized carbons (Fsp3) is 0.577. The lowest BCUT2D eigenvalue weighted by Crippen LogP contribution is -2.63. The van der Waals surface area contributed by atoms with Crippen LogP contribution in [0.15, 0.2) is 18.2 Å². The van der Waals surface area contributed by atoms with Crippen LogP contribution < -0.4 is 10.1 Å². The molecule has 1 heterocycles. The van der Waals surface area contributed by atoms with Gasteiger partial charge in [-0.25, -0.2) is 0 Å². The Balaban J connectivity index is 1.99. The molecule has 1 amide bonds. The molecule has 214 valence electrons. The van der Waals surface area contributed by atoms with Crippen molar-refractivity contribution in [3.8, 4) is 5.75 Å². The number of ether oxygens (including phenoxy) is 6. The fourth-order valence-corrected chi connectivity index (χ4v) is 5.02. The van der Waals surface area contributed by atoms with Gasteiger partial charge in [0.05, 0.1) is 5.56 Å². The van der Waals surface area contributed by atoms with Crippen LogP contribution >= 0.6 is 22.6 Å². The first kappa shape index (κ1) is 30.6. The number of rotatable bonds is 9. The highest BCUT2D eigenvalue weighted by Gasteiger charge is 2.53. The molecule has 1 aliphatic heterocycles.